The molecule has 0 bridgehead atoms. The van der Waals surface area contributed by atoms with E-state index in [9.17, 15) is 14.9 Å². The van der Waals surface area contributed by atoms with Gasteiger partial charge in [-0.1, -0.05) is 11.6 Å². The Bertz CT molecular complexity index is 556. The lowest BCUT2D eigenvalue weighted by Crippen LogP contribution is -2.39. The third-order valence-electron chi connectivity index (χ3n) is 3.57. The first kappa shape index (κ1) is 15.9. The van der Waals surface area contributed by atoms with E-state index >= 15 is 0 Å². The quantitative estimate of drug-likeness (QED) is 0.475. The van der Waals surface area contributed by atoms with E-state index in [1.54, 1.807) is 24.0 Å². The maximum atomic E-state index is 11.9. The first-order valence-corrected chi connectivity index (χ1v) is 7.31. The van der Waals surface area contributed by atoms with Crippen LogP contribution in [-0.4, -0.2) is 34.7 Å². The number of nitro benzene ring substituents is 1. The first-order chi connectivity index (χ1) is 10.6. The number of amides is 1. The van der Waals surface area contributed by atoms with Gasteiger partial charge in [0.15, 0.2) is 6.23 Å². The fourth-order valence-corrected chi connectivity index (χ4v) is 2.31. The van der Waals surface area contributed by atoms with E-state index in [1.165, 1.54) is 18.3 Å². The van der Waals surface area contributed by atoms with Crippen molar-refractivity contribution >= 4 is 17.8 Å². The summed E-state index contributed by atoms with van der Waals surface area (Å²) in [6, 6.07) is 5.99. The molecule has 1 aromatic carbocycles. The molecular formula is C15H19N3O4. The van der Waals surface area contributed by atoms with Crippen LogP contribution in [0.25, 0.3) is 0 Å². The van der Waals surface area contributed by atoms with Gasteiger partial charge in [0.1, 0.15) is 0 Å². The van der Waals surface area contributed by atoms with E-state index in [2.05, 4.69) is 5.16 Å². The Morgan fingerprint density at radius 1 is 1.32 bits per heavy atom. The zero-order chi connectivity index (χ0) is 15.9. The zero-order valence-corrected chi connectivity index (χ0v) is 12.5. The second kappa shape index (κ2) is 7.53. The Kier molecular flexibility index (Phi) is 5.46. The fraction of sp³-hybridized carbons (Fsp3) is 0.467. The van der Waals surface area contributed by atoms with E-state index in [0.29, 0.717) is 18.5 Å². The van der Waals surface area contributed by atoms with Gasteiger partial charge in [-0.05, 0) is 37.5 Å². The third kappa shape index (κ3) is 4.28. The average molecular weight is 305 g/mol. The highest BCUT2D eigenvalue weighted by molar-refractivity contribution is 5.79. The van der Waals surface area contributed by atoms with Crippen LogP contribution in [0.1, 0.15) is 38.2 Å². The predicted octanol–water partition coefficient (Wildman–Crippen LogP) is 2.69. The van der Waals surface area contributed by atoms with Crippen molar-refractivity contribution in [1.82, 2.24) is 4.90 Å². The van der Waals surface area contributed by atoms with Crippen molar-refractivity contribution in [2.75, 3.05) is 6.54 Å². The number of non-ortho nitro benzene ring substituents is 1. The highest BCUT2D eigenvalue weighted by atomic mass is 16.6. The van der Waals surface area contributed by atoms with Gasteiger partial charge in [0.2, 0.25) is 5.91 Å². The Hall–Kier alpha value is -2.44. The van der Waals surface area contributed by atoms with Crippen LogP contribution in [0, 0.1) is 10.1 Å². The van der Waals surface area contributed by atoms with Gasteiger partial charge in [-0.2, -0.15) is 0 Å². The minimum Gasteiger partial charge on any atom is -0.371 e. The Balaban J connectivity index is 1.90. The molecule has 0 N–H and O–H groups in total. The molecule has 0 radical (unpaired) electrons. The van der Waals surface area contributed by atoms with Crippen LogP contribution in [0.15, 0.2) is 29.4 Å². The van der Waals surface area contributed by atoms with E-state index in [0.717, 1.165) is 19.3 Å². The number of likely N-dealkylation sites (tertiary alicyclic amines) is 1. The normalized spacial score (nSPS) is 17.3. The van der Waals surface area contributed by atoms with E-state index in [-0.39, 0.29) is 11.6 Å². The van der Waals surface area contributed by atoms with E-state index < -0.39 is 11.2 Å². The summed E-state index contributed by atoms with van der Waals surface area (Å²) in [5, 5.41) is 14.4. The molecule has 1 fully saturated rings. The SMILES string of the molecule is CC(O/N=C/c1ccc([N+](=O)[O-])cc1)N1CCCCCC1=O. The number of nitro groups is 1. The monoisotopic (exact) mass is 305 g/mol. The van der Waals surface area contributed by atoms with Crippen LogP contribution < -0.4 is 0 Å². The van der Waals surface area contributed by atoms with Gasteiger partial charge in [0.05, 0.1) is 11.1 Å². The van der Waals surface area contributed by atoms with Crippen molar-refractivity contribution in [2.45, 2.75) is 38.8 Å². The number of rotatable bonds is 5. The smallest absolute Gasteiger partial charge is 0.269 e. The summed E-state index contributed by atoms with van der Waals surface area (Å²) < 4.78 is 0. The molecule has 7 heteroatoms. The largest absolute Gasteiger partial charge is 0.371 e. The van der Waals surface area contributed by atoms with Crippen LogP contribution in [-0.2, 0) is 9.63 Å². The zero-order valence-electron chi connectivity index (χ0n) is 12.5. The lowest BCUT2D eigenvalue weighted by Gasteiger charge is -2.25. The van der Waals surface area contributed by atoms with Crippen molar-refractivity contribution in [3.8, 4) is 0 Å². The summed E-state index contributed by atoms with van der Waals surface area (Å²) >= 11 is 0. The van der Waals surface area contributed by atoms with Crippen LogP contribution in [0.3, 0.4) is 0 Å². The molecule has 118 valence electrons. The summed E-state index contributed by atoms with van der Waals surface area (Å²) in [7, 11) is 0. The molecule has 0 spiro atoms. The summed E-state index contributed by atoms with van der Waals surface area (Å²) in [4.78, 5) is 29.1. The van der Waals surface area contributed by atoms with Gasteiger partial charge in [-0.25, -0.2) is 0 Å². The topological polar surface area (TPSA) is 85.0 Å². The van der Waals surface area contributed by atoms with Crippen molar-refractivity contribution in [1.29, 1.82) is 0 Å². The van der Waals surface area contributed by atoms with Gasteiger partial charge < -0.3 is 9.74 Å². The molecule has 1 heterocycles. The van der Waals surface area contributed by atoms with Crippen molar-refractivity contribution in [3.63, 3.8) is 0 Å². The van der Waals surface area contributed by atoms with Gasteiger partial charge in [-0.15, -0.1) is 0 Å². The van der Waals surface area contributed by atoms with Gasteiger partial charge in [0.25, 0.3) is 5.69 Å². The Labute approximate surface area is 128 Å². The number of nitrogens with zero attached hydrogens (tertiary/aromatic N) is 3. The molecule has 0 aromatic heterocycles. The molecule has 1 aliphatic heterocycles. The lowest BCUT2D eigenvalue weighted by molar-refractivity contribution is -0.384. The van der Waals surface area contributed by atoms with Crippen molar-refractivity contribution < 1.29 is 14.6 Å². The highest BCUT2D eigenvalue weighted by Crippen LogP contribution is 2.15. The Morgan fingerprint density at radius 2 is 2.05 bits per heavy atom. The molecule has 1 aliphatic rings. The second-order valence-corrected chi connectivity index (χ2v) is 5.19. The molecule has 1 amide bonds. The summed E-state index contributed by atoms with van der Waals surface area (Å²) in [6.45, 7) is 2.48. The molecule has 1 saturated heterocycles. The standard InChI is InChI=1S/C15H19N3O4/c1-12(17-10-4-2-3-5-15(17)19)22-16-11-13-6-8-14(9-7-13)18(20)21/h6-9,11-12H,2-5,10H2,1H3/b16-11+. The molecule has 1 unspecified atom stereocenters. The average Bonchev–Trinajstić information content (AvgIpc) is 2.72. The minimum absolute atomic E-state index is 0.0293. The number of carbonyl (C=O) groups excluding carboxylic acids is 1. The summed E-state index contributed by atoms with van der Waals surface area (Å²) in [6.07, 6.45) is 4.57. The number of oxime groups is 1. The summed E-state index contributed by atoms with van der Waals surface area (Å²) in [5.74, 6) is 0.0931. The molecule has 7 nitrogen and oxygen atoms in total. The maximum Gasteiger partial charge on any atom is 0.269 e. The predicted molar refractivity (Wildman–Crippen MR) is 81.4 cm³/mol. The molecular weight excluding hydrogens is 286 g/mol. The number of carbonyl (C=O) groups is 1. The van der Waals surface area contributed by atoms with Crippen LogP contribution in [0.5, 0.6) is 0 Å². The fourth-order valence-electron chi connectivity index (χ4n) is 2.31. The van der Waals surface area contributed by atoms with Crippen LogP contribution >= 0.6 is 0 Å². The van der Waals surface area contributed by atoms with Gasteiger partial charge in [0, 0.05) is 25.1 Å². The number of hydrogen-bond acceptors (Lipinski definition) is 5. The molecule has 0 aliphatic carbocycles. The van der Waals surface area contributed by atoms with Crippen LogP contribution in [0.2, 0.25) is 0 Å². The summed E-state index contributed by atoms with van der Waals surface area (Å²) in [5.41, 5.74) is 0.724. The van der Waals surface area contributed by atoms with Crippen molar-refractivity contribution in [3.05, 3.63) is 39.9 Å². The van der Waals surface area contributed by atoms with Gasteiger partial charge in [-0.3, -0.25) is 14.9 Å². The molecule has 2 rings (SSSR count). The third-order valence-corrected chi connectivity index (χ3v) is 3.57. The molecule has 22 heavy (non-hydrogen) atoms. The van der Waals surface area contributed by atoms with Crippen molar-refractivity contribution in [2.24, 2.45) is 5.16 Å². The maximum absolute atomic E-state index is 11.9. The molecule has 1 atom stereocenters. The first-order valence-electron chi connectivity index (χ1n) is 7.31. The van der Waals surface area contributed by atoms with Gasteiger partial charge >= 0.3 is 0 Å². The van der Waals surface area contributed by atoms with E-state index in [1.807, 2.05) is 0 Å². The van der Waals surface area contributed by atoms with Crippen LogP contribution in [0.4, 0.5) is 5.69 Å². The highest BCUT2D eigenvalue weighted by Gasteiger charge is 2.22. The van der Waals surface area contributed by atoms with E-state index in [4.69, 9.17) is 4.84 Å². The lowest BCUT2D eigenvalue weighted by atomic mass is 10.2. The number of hydrogen-bond donors (Lipinski definition) is 0. The molecule has 1 aromatic rings. The second-order valence-electron chi connectivity index (χ2n) is 5.19. The molecule has 0 saturated carbocycles. The minimum atomic E-state index is -0.454. The Morgan fingerprint density at radius 3 is 2.73 bits per heavy atom. The number of benzene rings is 1.